The van der Waals surface area contributed by atoms with Crippen LogP contribution in [0.3, 0.4) is 0 Å². The van der Waals surface area contributed by atoms with E-state index < -0.39 is 24.0 Å². The fourth-order valence-electron chi connectivity index (χ4n) is 3.79. The maximum absolute atomic E-state index is 12.0. The van der Waals surface area contributed by atoms with Crippen LogP contribution in [-0.2, 0) is 38.2 Å². The second-order valence-electron chi connectivity index (χ2n) is 8.79. The Balaban J connectivity index is 1.46. The largest absolute Gasteiger partial charge is 0.461 e. The minimum absolute atomic E-state index is 0.0451. The number of hydrogen-bond donors (Lipinski definition) is 0. The van der Waals surface area contributed by atoms with E-state index in [0.717, 1.165) is 35.5 Å². The number of imide groups is 2. The Morgan fingerprint density at radius 3 is 1.63 bits per heavy atom. The highest BCUT2D eigenvalue weighted by Gasteiger charge is 2.26. The third-order valence-electron chi connectivity index (χ3n) is 5.58. The molecule has 0 spiro atoms. The normalized spacial score (nSPS) is 17.2. The van der Waals surface area contributed by atoms with E-state index in [-0.39, 0.29) is 56.1 Å². The van der Waals surface area contributed by atoms with Gasteiger partial charge in [-0.15, -0.1) is 0 Å². The molecule has 10 heteroatoms. The van der Waals surface area contributed by atoms with Crippen LogP contribution in [0.2, 0.25) is 0 Å². The van der Waals surface area contributed by atoms with Gasteiger partial charge < -0.3 is 9.47 Å². The summed E-state index contributed by atoms with van der Waals surface area (Å²) in [5, 5.41) is 0. The van der Waals surface area contributed by atoms with Gasteiger partial charge in [-0.25, -0.2) is 0 Å². The van der Waals surface area contributed by atoms with Gasteiger partial charge in [-0.1, -0.05) is 31.8 Å². The highest BCUT2D eigenvalue weighted by Crippen LogP contribution is 2.12. The topological polar surface area (TPSA) is 127 Å². The molecule has 4 amide bonds. The Kier molecular flexibility index (Phi) is 11.3. The van der Waals surface area contributed by atoms with Crippen LogP contribution in [0.5, 0.6) is 0 Å². The molecule has 2 atom stereocenters. The molecule has 0 aromatic carbocycles. The van der Waals surface area contributed by atoms with E-state index in [1.807, 2.05) is 0 Å². The van der Waals surface area contributed by atoms with Crippen molar-refractivity contribution in [3.63, 3.8) is 0 Å². The van der Waals surface area contributed by atoms with Crippen LogP contribution in [0.1, 0.15) is 71.6 Å². The molecule has 0 saturated heterocycles. The lowest BCUT2D eigenvalue weighted by atomic mass is 10.1. The minimum atomic E-state index is -0.560. The Bertz CT molecular complexity index is 861. The molecular formula is C25H34N2O8. The lowest BCUT2D eigenvalue weighted by molar-refractivity contribution is -0.154. The van der Waals surface area contributed by atoms with Crippen LogP contribution in [0.25, 0.3) is 0 Å². The number of carbonyl (C=O) groups excluding carboxylic acids is 6. The molecule has 2 aliphatic heterocycles. The smallest absolute Gasteiger partial charge is 0.306 e. The zero-order chi connectivity index (χ0) is 25.8. The highest BCUT2D eigenvalue weighted by molar-refractivity contribution is 6.12. The summed E-state index contributed by atoms with van der Waals surface area (Å²) in [5.41, 5.74) is 0. The van der Waals surface area contributed by atoms with E-state index in [2.05, 4.69) is 0 Å². The zero-order valence-corrected chi connectivity index (χ0v) is 20.4. The van der Waals surface area contributed by atoms with E-state index in [4.69, 9.17) is 9.47 Å². The Labute approximate surface area is 205 Å². The van der Waals surface area contributed by atoms with Gasteiger partial charge in [-0.2, -0.15) is 0 Å². The van der Waals surface area contributed by atoms with Crippen molar-refractivity contribution in [1.29, 1.82) is 0 Å². The van der Waals surface area contributed by atoms with Gasteiger partial charge in [-0.3, -0.25) is 38.6 Å². The number of amides is 4. The Morgan fingerprint density at radius 1 is 0.714 bits per heavy atom. The Morgan fingerprint density at radius 2 is 1.14 bits per heavy atom. The third kappa shape index (κ3) is 9.84. The van der Waals surface area contributed by atoms with Gasteiger partial charge in [0.2, 0.25) is 5.91 Å². The first-order chi connectivity index (χ1) is 16.7. The van der Waals surface area contributed by atoms with Gasteiger partial charge in [0, 0.05) is 37.5 Å². The molecule has 0 aliphatic carbocycles. The van der Waals surface area contributed by atoms with Crippen LogP contribution in [0.4, 0.5) is 0 Å². The minimum Gasteiger partial charge on any atom is -0.461 e. The lowest BCUT2D eigenvalue weighted by Gasteiger charge is -2.24. The van der Waals surface area contributed by atoms with Gasteiger partial charge >= 0.3 is 11.9 Å². The van der Waals surface area contributed by atoms with Crippen LogP contribution >= 0.6 is 0 Å². The quantitative estimate of drug-likeness (QED) is 0.194. The van der Waals surface area contributed by atoms with E-state index in [1.54, 1.807) is 13.8 Å². The summed E-state index contributed by atoms with van der Waals surface area (Å²) in [6.07, 6.45) is 9.76. The van der Waals surface area contributed by atoms with Crippen LogP contribution in [-0.4, -0.2) is 70.7 Å². The van der Waals surface area contributed by atoms with Gasteiger partial charge in [0.15, 0.2) is 0 Å². The molecule has 0 aromatic rings. The number of hydrogen-bond acceptors (Lipinski definition) is 8. The molecule has 0 radical (unpaired) electrons. The maximum atomic E-state index is 12.0. The van der Waals surface area contributed by atoms with Crippen molar-refractivity contribution in [2.45, 2.75) is 83.8 Å². The van der Waals surface area contributed by atoms with E-state index >= 15 is 0 Å². The summed E-state index contributed by atoms with van der Waals surface area (Å²) in [5.74, 6) is -2.19. The van der Waals surface area contributed by atoms with E-state index in [1.165, 1.54) is 24.3 Å². The number of nitrogens with zero attached hydrogens (tertiary/aromatic N) is 2. The molecule has 2 rings (SSSR count). The zero-order valence-electron chi connectivity index (χ0n) is 20.4. The summed E-state index contributed by atoms with van der Waals surface area (Å²) in [6, 6.07) is 0. The Hall–Kier alpha value is -3.30. The molecule has 0 N–H and O–H groups in total. The molecule has 2 aliphatic rings. The van der Waals surface area contributed by atoms with Gasteiger partial charge in [0.25, 0.3) is 17.7 Å². The van der Waals surface area contributed by atoms with Crippen LogP contribution < -0.4 is 0 Å². The number of rotatable bonds is 15. The van der Waals surface area contributed by atoms with E-state index in [0.29, 0.717) is 12.8 Å². The first-order valence-electron chi connectivity index (χ1n) is 12.1. The number of esters is 2. The summed E-state index contributed by atoms with van der Waals surface area (Å²) in [6.45, 7) is 3.40. The summed E-state index contributed by atoms with van der Waals surface area (Å²) in [4.78, 5) is 72.6. The first-order valence-corrected chi connectivity index (χ1v) is 12.1. The fourth-order valence-corrected chi connectivity index (χ4v) is 3.79. The van der Waals surface area contributed by atoms with Crippen LogP contribution in [0.15, 0.2) is 24.3 Å². The van der Waals surface area contributed by atoms with Crippen molar-refractivity contribution in [1.82, 2.24) is 9.80 Å². The molecule has 2 heterocycles. The summed E-state index contributed by atoms with van der Waals surface area (Å²) < 4.78 is 10.6. The average molecular weight is 491 g/mol. The molecule has 2 unspecified atom stereocenters. The predicted octanol–water partition coefficient (Wildman–Crippen LogP) is 2.21. The standard InChI is InChI=1S/C25H34N2O8/c1-18(16-26-20(28)10-9-11-21(26)29)34-24(32)12-7-5-3-4-6-8-13-25(33)35-19(2)17-27-22(30)14-15-23(27)31/h9-10,14-15,18-19H,3-8,11-13,16-17H2,1-2H3. The highest BCUT2D eigenvalue weighted by atomic mass is 16.5. The summed E-state index contributed by atoms with van der Waals surface area (Å²) in [7, 11) is 0. The molecular weight excluding hydrogens is 456 g/mol. The molecule has 0 aromatic heterocycles. The van der Waals surface area contributed by atoms with Crippen LogP contribution in [0, 0.1) is 0 Å². The predicted molar refractivity (Wildman–Crippen MR) is 124 cm³/mol. The van der Waals surface area contributed by atoms with Gasteiger partial charge in [0.05, 0.1) is 13.1 Å². The molecule has 10 nitrogen and oxygen atoms in total. The third-order valence-corrected chi connectivity index (χ3v) is 5.58. The van der Waals surface area contributed by atoms with Crippen molar-refractivity contribution in [3.8, 4) is 0 Å². The number of ether oxygens (including phenoxy) is 2. The molecule has 0 saturated carbocycles. The summed E-state index contributed by atoms with van der Waals surface area (Å²) >= 11 is 0. The monoisotopic (exact) mass is 490 g/mol. The van der Waals surface area contributed by atoms with Crippen molar-refractivity contribution >= 4 is 35.6 Å². The molecule has 192 valence electrons. The SMILES string of the molecule is CC(CN1C(=O)C=CC1=O)OC(=O)CCCCCCCCC(=O)OC(C)CN1C(=O)C=CCC1=O. The molecule has 0 bridgehead atoms. The van der Waals surface area contributed by atoms with Crippen molar-refractivity contribution in [3.05, 3.63) is 24.3 Å². The van der Waals surface area contributed by atoms with Crippen molar-refractivity contribution in [2.24, 2.45) is 0 Å². The first kappa shape index (κ1) is 27.9. The lowest BCUT2D eigenvalue weighted by Crippen LogP contribution is -2.42. The van der Waals surface area contributed by atoms with Crippen molar-refractivity contribution in [2.75, 3.05) is 13.1 Å². The fraction of sp³-hybridized carbons (Fsp3) is 0.600. The number of unbranched alkanes of at least 4 members (excludes halogenated alkanes) is 5. The average Bonchev–Trinajstić information content (AvgIpc) is 3.10. The van der Waals surface area contributed by atoms with Gasteiger partial charge in [0.1, 0.15) is 12.2 Å². The molecule has 35 heavy (non-hydrogen) atoms. The van der Waals surface area contributed by atoms with Crippen molar-refractivity contribution < 1.29 is 38.2 Å². The maximum Gasteiger partial charge on any atom is 0.306 e. The molecule has 0 fully saturated rings. The second-order valence-corrected chi connectivity index (χ2v) is 8.79. The van der Waals surface area contributed by atoms with E-state index in [9.17, 15) is 28.8 Å². The number of carbonyl (C=O) groups is 6. The van der Waals surface area contributed by atoms with Gasteiger partial charge in [-0.05, 0) is 26.7 Å². The second kappa shape index (κ2) is 14.2.